The molecule has 0 amide bonds. The van der Waals surface area contributed by atoms with Gasteiger partial charge in [-0.15, -0.1) is 0 Å². The van der Waals surface area contributed by atoms with Crippen molar-refractivity contribution in [3.63, 3.8) is 0 Å². The lowest BCUT2D eigenvalue weighted by molar-refractivity contribution is -0.158. The zero-order valence-electron chi connectivity index (χ0n) is 8.54. The molecule has 7 heteroatoms. The molecule has 0 saturated heterocycles. The number of alkyl halides is 3. The van der Waals surface area contributed by atoms with E-state index in [1.54, 1.807) is 0 Å². The zero-order valence-corrected chi connectivity index (χ0v) is 8.54. The molecule has 0 atom stereocenters. The Balaban J connectivity index is 2.73. The van der Waals surface area contributed by atoms with E-state index in [1.807, 2.05) is 0 Å². The first-order valence-corrected chi connectivity index (χ1v) is 4.48. The van der Waals surface area contributed by atoms with E-state index in [0.29, 0.717) is 5.75 Å². The summed E-state index contributed by atoms with van der Waals surface area (Å²) in [5.41, 5.74) is -1.18. The molecule has 0 bridgehead atoms. The number of hydrogen-bond acceptors (Lipinski definition) is 4. The second-order valence-corrected chi connectivity index (χ2v) is 3.19. The fourth-order valence-electron chi connectivity index (χ4n) is 1.30. The molecule has 2 aromatic rings. The van der Waals surface area contributed by atoms with Crippen LogP contribution >= 0.6 is 0 Å². The van der Waals surface area contributed by atoms with Crippen LogP contribution in [0.3, 0.4) is 0 Å². The molecular weight excluding hydrogens is 239 g/mol. The van der Waals surface area contributed by atoms with Crippen molar-refractivity contribution >= 4 is 10.9 Å². The van der Waals surface area contributed by atoms with Crippen LogP contribution in [0.4, 0.5) is 13.2 Å². The molecule has 1 heterocycles. The van der Waals surface area contributed by atoms with Crippen LogP contribution in [0.2, 0.25) is 0 Å². The summed E-state index contributed by atoms with van der Waals surface area (Å²) in [6, 6.07) is 3.95. The van der Waals surface area contributed by atoms with Gasteiger partial charge in [-0.3, -0.25) is 0 Å². The van der Waals surface area contributed by atoms with Crippen molar-refractivity contribution in [2.75, 3.05) is 7.11 Å². The van der Waals surface area contributed by atoms with Gasteiger partial charge in [0.1, 0.15) is 5.75 Å². The molecule has 0 N–H and O–H groups in total. The minimum absolute atomic E-state index is 0.0580. The number of fused-ring (bicyclic) bond motifs is 1. The summed E-state index contributed by atoms with van der Waals surface area (Å²) in [4.78, 5) is 14.6. The maximum atomic E-state index is 12.3. The third kappa shape index (κ3) is 2.08. The first-order chi connectivity index (χ1) is 7.91. The molecule has 1 aromatic carbocycles. The summed E-state index contributed by atoms with van der Waals surface area (Å²) in [6.07, 6.45) is -4.78. The molecule has 0 aliphatic carbocycles. The number of halogens is 3. The number of hydrogen-bond donors (Lipinski definition) is 0. The Morgan fingerprint density at radius 1 is 1.35 bits per heavy atom. The van der Waals surface area contributed by atoms with Gasteiger partial charge < -0.3 is 9.15 Å². The Bertz CT molecular complexity index is 618. The van der Waals surface area contributed by atoms with Gasteiger partial charge in [0, 0.05) is 0 Å². The zero-order chi connectivity index (χ0) is 12.6. The van der Waals surface area contributed by atoms with Crippen LogP contribution in [0.15, 0.2) is 27.4 Å². The molecule has 0 spiro atoms. The third-order valence-electron chi connectivity index (χ3n) is 2.08. The van der Waals surface area contributed by atoms with E-state index in [9.17, 15) is 18.0 Å². The van der Waals surface area contributed by atoms with Gasteiger partial charge in [0.05, 0.1) is 18.0 Å². The van der Waals surface area contributed by atoms with Gasteiger partial charge in [-0.25, -0.2) is 9.78 Å². The molecule has 90 valence electrons. The maximum Gasteiger partial charge on any atom is 0.469 e. The fraction of sp³-hybridized carbons (Fsp3) is 0.200. The van der Waals surface area contributed by atoms with Gasteiger partial charge in [0.25, 0.3) is 0 Å². The summed E-state index contributed by atoms with van der Waals surface area (Å²) < 4.78 is 45.9. The van der Waals surface area contributed by atoms with E-state index in [4.69, 9.17) is 4.74 Å². The lowest BCUT2D eigenvalue weighted by Gasteiger charge is -2.05. The largest absolute Gasteiger partial charge is 0.497 e. The highest BCUT2D eigenvalue weighted by molar-refractivity contribution is 5.78. The molecule has 0 aliphatic rings. The van der Waals surface area contributed by atoms with Gasteiger partial charge >= 0.3 is 17.7 Å². The van der Waals surface area contributed by atoms with Crippen LogP contribution in [-0.4, -0.2) is 12.1 Å². The van der Waals surface area contributed by atoms with E-state index in [1.165, 1.54) is 25.3 Å². The Labute approximate surface area is 92.6 Å². The quantitative estimate of drug-likeness (QED) is 0.772. The minimum atomic E-state index is -4.78. The smallest absolute Gasteiger partial charge is 0.469 e. The first kappa shape index (κ1) is 11.4. The van der Waals surface area contributed by atoms with Gasteiger partial charge in [-0.2, -0.15) is 13.2 Å². The Hall–Kier alpha value is -2.05. The molecular formula is C10H6F3NO3. The summed E-state index contributed by atoms with van der Waals surface area (Å²) in [5, 5.41) is -0.0580. The van der Waals surface area contributed by atoms with Crippen molar-refractivity contribution in [3.05, 3.63) is 34.5 Å². The standard InChI is InChI=1S/C10H6F3NO3/c1-16-5-2-3-7-6(4-5)8(15)17-9(14-7)10(11,12)13/h2-4H,1H3. The molecule has 0 saturated carbocycles. The molecule has 0 aliphatic heterocycles. The normalized spacial score (nSPS) is 11.8. The topological polar surface area (TPSA) is 52.3 Å². The van der Waals surface area contributed by atoms with E-state index in [0.717, 1.165) is 0 Å². The summed E-state index contributed by atoms with van der Waals surface area (Å²) in [7, 11) is 1.38. The van der Waals surface area contributed by atoms with Crippen LogP contribution in [-0.2, 0) is 6.18 Å². The minimum Gasteiger partial charge on any atom is -0.497 e. The number of nitrogens with zero attached hydrogens (tertiary/aromatic N) is 1. The van der Waals surface area contributed by atoms with Crippen molar-refractivity contribution < 1.29 is 22.3 Å². The third-order valence-corrected chi connectivity index (χ3v) is 2.08. The fourth-order valence-corrected chi connectivity index (χ4v) is 1.30. The molecule has 1 aromatic heterocycles. The number of methoxy groups -OCH3 is 1. The summed E-state index contributed by atoms with van der Waals surface area (Å²) >= 11 is 0. The van der Waals surface area contributed by atoms with Gasteiger partial charge in [-0.1, -0.05) is 0 Å². The van der Waals surface area contributed by atoms with Crippen LogP contribution < -0.4 is 10.4 Å². The lowest BCUT2D eigenvalue weighted by Crippen LogP contribution is -2.13. The Morgan fingerprint density at radius 3 is 2.65 bits per heavy atom. The predicted octanol–water partition coefficient (Wildman–Crippen LogP) is 2.22. The highest BCUT2D eigenvalue weighted by Crippen LogP contribution is 2.28. The summed E-state index contributed by atoms with van der Waals surface area (Å²) in [6.45, 7) is 0. The van der Waals surface area contributed by atoms with Gasteiger partial charge in [0.2, 0.25) is 0 Å². The van der Waals surface area contributed by atoms with Gasteiger partial charge in [0.15, 0.2) is 0 Å². The molecule has 0 fully saturated rings. The number of ether oxygens (including phenoxy) is 1. The molecule has 2 rings (SSSR count). The Morgan fingerprint density at radius 2 is 2.06 bits per heavy atom. The van der Waals surface area contributed by atoms with Crippen molar-refractivity contribution in [2.24, 2.45) is 0 Å². The SMILES string of the molecule is COc1ccc2nc(C(F)(F)F)oc(=O)c2c1. The van der Waals surface area contributed by atoms with Crippen LogP contribution in [0.5, 0.6) is 5.75 Å². The molecule has 0 unspecified atom stereocenters. The molecule has 4 nitrogen and oxygen atoms in total. The Kier molecular flexibility index (Phi) is 2.53. The van der Waals surface area contributed by atoms with E-state index in [-0.39, 0.29) is 10.9 Å². The number of benzene rings is 1. The molecule has 17 heavy (non-hydrogen) atoms. The van der Waals surface area contributed by atoms with Crippen molar-refractivity contribution in [2.45, 2.75) is 6.18 Å². The van der Waals surface area contributed by atoms with Crippen molar-refractivity contribution in [1.29, 1.82) is 0 Å². The highest BCUT2D eigenvalue weighted by Gasteiger charge is 2.37. The first-order valence-electron chi connectivity index (χ1n) is 4.48. The van der Waals surface area contributed by atoms with Crippen LogP contribution in [0, 0.1) is 0 Å². The van der Waals surface area contributed by atoms with Crippen molar-refractivity contribution in [3.8, 4) is 5.75 Å². The monoisotopic (exact) mass is 245 g/mol. The predicted molar refractivity (Wildman–Crippen MR) is 51.8 cm³/mol. The maximum absolute atomic E-state index is 12.3. The summed E-state index contributed by atoms with van der Waals surface area (Å²) in [5.74, 6) is -1.22. The van der Waals surface area contributed by atoms with E-state index >= 15 is 0 Å². The van der Waals surface area contributed by atoms with Crippen LogP contribution in [0.1, 0.15) is 5.89 Å². The lowest BCUT2D eigenvalue weighted by atomic mass is 10.2. The van der Waals surface area contributed by atoms with E-state index < -0.39 is 17.7 Å². The number of aromatic nitrogens is 1. The molecule has 0 radical (unpaired) electrons. The number of rotatable bonds is 1. The van der Waals surface area contributed by atoms with E-state index in [2.05, 4.69) is 9.40 Å². The van der Waals surface area contributed by atoms with Crippen LogP contribution in [0.25, 0.3) is 10.9 Å². The highest BCUT2D eigenvalue weighted by atomic mass is 19.4. The average molecular weight is 245 g/mol. The second-order valence-electron chi connectivity index (χ2n) is 3.19. The van der Waals surface area contributed by atoms with Crippen molar-refractivity contribution in [1.82, 2.24) is 4.98 Å². The van der Waals surface area contributed by atoms with Gasteiger partial charge in [-0.05, 0) is 18.2 Å². The average Bonchev–Trinajstić information content (AvgIpc) is 2.27. The second kappa shape index (κ2) is 3.76.